The molecule has 0 aromatic heterocycles. The molecule has 0 aliphatic rings. The molecule has 0 fully saturated rings. The predicted octanol–water partition coefficient (Wildman–Crippen LogP) is 2.66. The van der Waals surface area contributed by atoms with Crippen LogP contribution in [0.1, 0.15) is 26.3 Å². The molecule has 0 spiro atoms. The average Bonchev–Trinajstić information content (AvgIpc) is 2.39. The maximum absolute atomic E-state index is 11.4. The molecule has 0 radical (unpaired) electrons. The molecule has 0 saturated carbocycles. The first-order chi connectivity index (χ1) is 9.02. The van der Waals surface area contributed by atoms with Gasteiger partial charge in [-0.2, -0.15) is 0 Å². The molecule has 1 aromatic carbocycles. The Morgan fingerprint density at radius 2 is 1.84 bits per heavy atom. The molecule has 3 nitrogen and oxygen atoms in total. The van der Waals surface area contributed by atoms with Crippen molar-refractivity contribution in [1.82, 2.24) is 10.6 Å². The van der Waals surface area contributed by atoms with Crippen LogP contribution in [0.25, 0.3) is 0 Å². The van der Waals surface area contributed by atoms with Crippen molar-refractivity contribution in [1.29, 1.82) is 0 Å². The second kappa shape index (κ2) is 8.23. The van der Waals surface area contributed by atoms with E-state index in [1.165, 1.54) is 5.56 Å². The Kier molecular flexibility index (Phi) is 6.95. The first kappa shape index (κ1) is 16.1. The molecule has 1 aromatic rings. The lowest BCUT2D eigenvalue weighted by atomic mass is 10.2. The zero-order valence-electron chi connectivity index (χ0n) is 12.2. The van der Waals surface area contributed by atoms with Gasteiger partial charge < -0.3 is 10.6 Å². The van der Waals surface area contributed by atoms with Crippen molar-refractivity contribution in [3.8, 4) is 0 Å². The largest absolute Gasteiger partial charge is 0.358 e. The zero-order chi connectivity index (χ0) is 14.3. The number of nitrogens with one attached hydrogen (secondary N) is 2. The van der Waals surface area contributed by atoms with E-state index in [9.17, 15) is 4.79 Å². The summed E-state index contributed by atoms with van der Waals surface area (Å²) in [6, 6.07) is 8.39. The van der Waals surface area contributed by atoms with Crippen LogP contribution < -0.4 is 10.6 Å². The van der Waals surface area contributed by atoms with Crippen molar-refractivity contribution in [3.05, 3.63) is 29.8 Å². The van der Waals surface area contributed by atoms with E-state index >= 15 is 0 Å². The monoisotopic (exact) mass is 280 g/mol. The standard InChI is InChI=1S/C15H24N2OS/c1-11(2)9-17-10-13-5-7-14(8-6-13)19-12(3)15(18)16-4/h5-8,11-12,17H,9-10H2,1-4H3,(H,16,18). The van der Waals surface area contributed by atoms with E-state index in [1.807, 2.05) is 6.92 Å². The lowest BCUT2D eigenvalue weighted by Gasteiger charge is -2.11. The van der Waals surface area contributed by atoms with Crippen LogP contribution >= 0.6 is 11.8 Å². The van der Waals surface area contributed by atoms with Crippen LogP contribution in [0.2, 0.25) is 0 Å². The van der Waals surface area contributed by atoms with Gasteiger partial charge in [0, 0.05) is 18.5 Å². The molecule has 106 valence electrons. The van der Waals surface area contributed by atoms with Crippen molar-refractivity contribution in [3.63, 3.8) is 0 Å². The summed E-state index contributed by atoms with van der Waals surface area (Å²) in [5, 5.41) is 6.02. The minimum absolute atomic E-state index is 0.0603. The van der Waals surface area contributed by atoms with Crippen molar-refractivity contribution in [2.75, 3.05) is 13.6 Å². The van der Waals surface area contributed by atoms with Crippen molar-refractivity contribution in [2.24, 2.45) is 5.92 Å². The van der Waals surface area contributed by atoms with Gasteiger partial charge in [0.2, 0.25) is 5.91 Å². The molecule has 1 amide bonds. The highest BCUT2D eigenvalue weighted by Crippen LogP contribution is 2.23. The van der Waals surface area contributed by atoms with E-state index < -0.39 is 0 Å². The second-order valence-electron chi connectivity index (χ2n) is 5.04. The van der Waals surface area contributed by atoms with Crippen molar-refractivity contribution >= 4 is 17.7 Å². The van der Waals surface area contributed by atoms with Gasteiger partial charge in [-0.25, -0.2) is 0 Å². The van der Waals surface area contributed by atoms with Gasteiger partial charge in [0.05, 0.1) is 5.25 Å². The Bertz CT molecular complexity index is 390. The Morgan fingerprint density at radius 3 is 2.37 bits per heavy atom. The fourth-order valence-corrected chi connectivity index (χ4v) is 2.58. The highest BCUT2D eigenvalue weighted by Gasteiger charge is 2.11. The third-order valence-corrected chi connectivity index (χ3v) is 3.85. The fraction of sp³-hybridized carbons (Fsp3) is 0.533. The third-order valence-electron chi connectivity index (χ3n) is 2.73. The molecule has 0 aliphatic carbocycles. The zero-order valence-corrected chi connectivity index (χ0v) is 13.0. The summed E-state index contributed by atoms with van der Waals surface area (Å²) in [5.74, 6) is 0.732. The van der Waals surface area contributed by atoms with Crippen LogP contribution in [0.15, 0.2) is 29.2 Å². The molecule has 4 heteroatoms. The van der Waals surface area contributed by atoms with Crippen molar-refractivity contribution in [2.45, 2.75) is 37.5 Å². The van der Waals surface area contributed by atoms with E-state index in [1.54, 1.807) is 18.8 Å². The summed E-state index contributed by atoms with van der Waals surface area (Å²) in [6.45, 7) is 8.25. The Labute approximate surface area is 120 Å². The van der Waals surface area contributed by atoms with Gasteiger partial charge in [-0.15, -0.1) is 11.8 Å². The SMILES string of the molecule is CNC(=O)C(C)Sc1ccc(CNCC(C)C)cc1. The molecule has 1 rings (SSSR count). The lowest BCUT2D eigenvalue weighted by molar-refractivity contribution is -0.119. The van der Waals surface area contributed by atoms with E-state index in [0.29, 0.717) is 5.92 Å². The van der Waals surface area contributed by atoms with Crippen LogP contribution in [0.3, 0.4) is 0 Å². The maximum Gasteiger partial charge on any atom is 0.232 e. The molecular formula is C15H24N2OS. The highest BCUT2D eigenvalue weighted by molar-refractivity contribution is 8.00. The first-order valence-electron chi connectivity index (χ1n) is 6.70. The van der Waals surface area contributed by atoms with Gasteiger partial charge in [0.1, 0.15) is 0 Å². The number of carbonyl (C=O) groups is 1. The summed E-state index contributed by atoms with van der Waals surface area (Å²) in [5.41, 5.74) is 1.28. The third kappa shape index (κ3) is 6.12. The van der Waals surface area contributed by atoms with Crippen LogP contribution in [-0.2, 0) is 11.3 Å². The second-order valence-corrected chi connectivity index (χ2v) is 6.46. The minimum atomic E-state index is -0.0603. The predicted molar refractivity (Wildman–Crippen MR) is 82.4 cm³/mol. The van der Waals surface area contributed by atoms with Crippen LogP contribution in [-0.4, -0.2) is 24.7 Å². The van der Waals surface area contributed by atoms with Gasteiger partial charge in [-0.1, -0.05) is 26.0 Å². The van der Waals surface area contributed by atoms with E-state index in [0.717, 1.165) is 18.0 Å². The molecule has 0 heterocycles. The van der Waals surface area contributed by atoms with E-state index in [4.69, 9.17) is 0 Å². The number of benzene rings is 1. The summed E-state index contributed by atoms with van der Waals surface area (Å²) in [4.78, 5) is 12.6. The van der Waals surface area contributed by atoms with Crippen LogP contribution in [0.5, 0.6) is 0 Å². The average molecular weight is 280 g/mol. The van der Waals surface area contributed by atoms with E-state index in [-0.39, 0.29) is 11.2 Å². The smallest absolute Gasteiger partial charge is 0.232 e. The quantitative estimate of drug-likeness (QED) is 0.755. The summed E-state index contributed by atoms with van der Waals surface area (Å²) < 4.78 is 0. The van der Waals surface area contributed by atoms with Gasteiger partial charge in [-0.05, 0) is 37.1 Å². The number of hydrogen-bond acceptors (Lipinski definition) is 3. The summed E-state index contributed by atoms with van der Waals surface area (Å²) in [7, 11) is 1.67. The molecule has 19 heavy (non-hydrogen) atoms. The molecule has 0 saturated heterocycles. The number of thioether (sulfide) groups is 1. The maximum atomic E-state index is 11.4. The number of carbonyl (C=O) groups excluding carboxylic acids is 1. The van der Waals surface area contributed by atoms with Gasteiger partial charge in [0.15, 0.2) is 0 Å². The molecule has 0 bridgehead atoms. The Hall–Kier alpha value is -1.00. The topological polar surface area (TPSA) is 41.1 Å². The Balaban J connectivity index is 2.45. The number of hydrogen-bond donors (Lipinski definition) is 2. The molecule has 0 aliphatic heterocycles. The normalized spacial score (nSPS) is 12.5. The lowest BCUT2D eigenvalue weighted by Crippen LogP contribution is -2.27. The van der Waals surface area contributed by atoms with Gasteiger partial charge in [-0.3, -0.25) is 4.79 Å². The van der Waals surface area contributed by atoms with E-state index in [2.05, 4.69) is 48.7 Å². The fourth-order valence-electron chi connectivity index (χ4n) is 1.65. The van der Waals surface area contributed by atoms with Crippen LogP contribution in [0.4, 0.5) is 0 Å². The molecule has 1 atom stereocenters. The van der Waals surface area contributed by atoms with Gasteiger partial charge >= 0.3 is 0 Å². The van der Waals surface area contributed by atoms with Gasteiger partial charge in [0.25, 0.3) is 0 Å². The Morgan fingerprint density at radius 1 is 1.21 bits per heavy atom. The minimum Gasteiger partial charge on any atom is -0.358 e. The first-order valence-corrected chi connectivity index (χ1v) is 7.58. The number of rotatable bonds is 7. The molecular weight excluding hydrogens is 256 g/mol. The van der Waals surface area contributed by atoms with Crippen molar-refractivity contribution < 1.29 is 4.79 Å². The molecule has 2 N–H and O–H groups in total. The summed E-state index contributed by atoms with van der Waals surface area (Å²) >= 11 is 1.58. The molecule has 1 unspecified atom stereocenters. The summed E-state index contributed by atoms with van der Waals surface area (Å²) in [6.07, 6.45) is 0. The van der Waals surface area contributed by atoms with Crippen LogP contribution in [0, 0.1) is 5.92 Å². The highest BCUT2D eigenvalue weighted by atomic mass is 32.2. The number of amides is 1.